The summed E-state index contributed by atoms with van der Waals surface area (Å²) in [6.45, 7) is 11.3. The average molecular weight is 853 g/mol. The number of hydroxylamine groups is 1. The minimum Gasteiger partial charge on any atom is -0.381 e. The van der Waals surface area contributed by atoms with Gasteiger partial charge in [-0.05, 0) is 124 Å². The van der Waals surface area contributed by atoms with E-state index in [9.17, 15) is 9.59 Å². The molecule has 3 fully saturated rings. The van der Waals surface area contributed by atoms with Crippen molar-refractivity contribution in [1.29, 1.82) is 0 Å². The molecule has 7 aromatic rings. The number of imidazole rings is 1. The van der Waals surface area contributed by atoms with Crippen molar-refractivity contribution < 1.29 is 23.6 Å². The fraction of sp³-hybridized carbons (Fsp3) is 0.383. The monoisotopic (exact) mass is 852 g/mol. The molecule has 4 aliphatic rings. The molecular formula is C47H49FN10O5. The fourth-order valence-electron chi connectivity index (χ4n) is 10.8. The maximum absolute atomic E-state index is 15.5. The van der Waals surface area contributed by atoms with Crippen LogP contribution >= 0.6 is 0 Å². The van der Waals surface area contributed by atoms with Gasteiger partial charge in [-0.3, -0.25) is 23.9 Å². The normalized spacial score (nSPS) is 22.5. The number of amides is 2. The molecule has 1 aliphatic carbocycles. The van der Waals surface area contributed by atoms with E-state index in [4.69, 9.17) is 14.7 Å². The largest absolute Gasteiger partial charge is 0.427 e. The molecule has 324 valence electrons. The number of hydrogen-bond donors (Lipinski definition) is 2. The quantitative estimate of drug-likeness (QED) is 0.181. The van der Waals surface area contributed by atoms with Gasteiger partial charge in [0.15, 0.2) is 0 Å². The number of ether oxygens (including phenoxy) is 1. The van der Waals surface area contributed by atoms with E-state index in [-0.39, 0.29) is 23.3 Å². The number of nitrogens with zero attached hydrogens (tertiary/aromatic N) is 8. The molecule has 2 saturated heterocycles. The number of nitrogens with one attached hydrogen (secondary N) is 2. The van der Waals surface area contributed by atoms with Crippen molar-refractivity contribution in [3.63, 3.8) is 0 Å². The Morgan fingerprint density at radius 1 is 0.952 bits per heavy atom. The summed E-state index contributed by atoms with van der Waals surface area (Å²) in [6.07, 6.45) is 7.15. The molecule has 0 radical (unpaired) electrons. The Hall–Kier alpha value is -6.52. The minimum atomic E-state index is -0.676. The molecule has 15 nitrogen and oxygen atoms in total. The van der Waals surface area contributed by atoms with E-state index < -0.39 is 23.8 Å². The first-order chi connectivity index (χ1) is 30.3. The Balaban J connectivity index is 1.05. The summed E-state index contributed by atoms with van der Waals surface area (Å²) >= 11 is 0. The van der Waals surface area contributed by atoms with Gasteiger partial charge < -0.3 is 19.0 Å². The molecule has 4 atom stereocenters. The molecule has 3 aliphatic heterocycles. The number of benzene rings is 3. The fourth-order valence-corrected chi connectivity index (χ4v) is 10.8. The molecule has 1 saturated carbocycles. The first-order valence-electron chi connectivity index (χ1n) is 21.7. The molecule has 7 heterocycles. The Morgan fingerprint density at radius 2 is 1.68 bits per heavy atom. The summed E-state index contributed by atoms with van der Waals surface area (Å²) in [6, 6.07) is 15.3. The summed E-state index contributed by atoms with van der Waals surface area (Å²) in [5.74, 6) is 0.453. The number of carbonyl (C=O) groups is 2. The highest BCUT2D eigenvalue weighted by atomic mass is 19.1. The van der Waals surface area contributed by atoms with Crippen LogP contribution in [-0.2, 0) is 28.6 Å². The summed E-state index contributed by atoms with van der Waals surface area (Å²) in [4.78, 5) is 49.9. The van der Waals surface area contributed by atoms with Gasteiger partial charge in [0, 0.05) is 67.5 Å². The van der Waals surface area contributed by atoms with Crippen LogP contribution in [0.15, 0.2) is 71.9 Å². The van der Waals surface area contributed by atoms with E-state index in [2.05, 4.69) is 45.6 Å². The van der Waals surface area contributed by atoms with E-state index >= 15 is 9.18 Å². The van der Waals surface area contributed by atoms with Crippen molar-refractivity contribution in [2.24, 2.45) is 13.0 Å². The van der Waals surface area contributed by atoms with Crippen molar-refractivity contribution in [3.8, 4) is 17.2 Å². The summed E-state index contributed by atoms with van der Waals surface area (Å²) < 4.78 is 29.6. The molecule has 16 heteroatoms. The van der Waals surface area contributed by atoms with Crippen LogP contribution in [0.1, 0.15) is 89.1 Å². The standard InChI is InChI=1S/C47H49FN10O5/c1-25-19-33(20-26(2)41(25)48)58-42(56-16-15-55(46(56)61)36-9-10-38-34(28(36)4)24-49-53(38)6)40-29(5)54(14-11-35(40)51-58)43(59)39-22-32-21-31(30-12-17-62-18-13-30)7-8-37(32)57(39)47(23-27(47)3)44-50-45(60)63-52-44/h7-10,15-16,19-22,24,27,29-30,44,52H,11-14,17-18,23H2,1-6H3,(H,50,60)/t27-,29-,44?,47-/m0/s1. The molecule has 1 unspecified atom stereocenters. The van der Waals surface area contributed by atoms with Crippen LogP contribution in [0.2, 0.25) is 0 Å². The second kappa shape index (κ2) is 14.3. The molecule has 11 rings (SSSR count). The second-order valence-corrected chi connectivity index (χ2v) is 17.9. The highest BCUT2D eigenvalue weighted by molar-refractivity contribution is 6.00. The first-order valence-corrected chi connectivity index (χ1v) is 21.7. The van der Waals surface area contributed by atoms with Gasteiger partial charge in [0.2, 0.25) is 0 Å². The zero-order chi connectivity index (χ0) is 43.6. The van der Waals surface area contributed by atoms with E-state index in [0.717, 1.165) is 51.5 Å². The number of hydrogen-bond acceptors (Lipinski definition) is 8. The van der Waals surface area contributed by atoms with Gasteiger partial charge in [-0.15, -0.1) is 5.48 Å². The predicted octanol–water partition coefficient (Wildman–Crippen LogP) is 6.68. The van der Waals surface area contributed by atoms with Crippen LogP contribution in [0.3, 0.4) is 0 Å². The lowest BCUT2D eigenvalue weighted by Crippen LogP contribution is -2.49. The first kappa shape index (κ1) is 39.3. The molecule has 0 spiro atoms. The molecule has 0 bridgehead atoms. The lowest BCUT2D eigenvalue weighted by atomic mass is 9.91. The summed E-state index contributed by atoms with van der Waals surface area (Å²) in [7, 11) is 1.89. The molecule has 63 heavy (non-hydrogen) atoms. The topological polar surface area (TPSA) is 147 Å². The van der Waals surface area contributed by atoms with E-state index in [0.29, 0.717) is 72.5 Å². The van der Waals surface area contributed by atoms with Gasteiger partial charge in [0.25, 0.3) is 5.91 Å². The maximum Gasteiger partial charge on any atom is 0.427 e. The van der Waals surface area contributed by atoms with Gasteiger partial charge in [-0.1, -0.05) is 13.0 Å². The van der Waals surface area contributed by atoms with Crippen LogP contribution in [0.5, 0.6) is 0 Å². The van der Waals surface area contributed by atoms with Crippen LogP contribution in [0, 0.1) is 32.5 Å². The number of rotatable bonds is 7. The summed E-state index contributed by atoms with van der Waals surface area (Å²) in [5, 5.41) is 14.4. The molecule has 2 amide bonds. The number of aryl methyl sites for hydroxylation is 4. The third-order valence-corrected chi connectivity index (χ3v) is 14.3. The van der Waals surface area contributed by atoms with Crippen molar-refractivity contribution in [1.82, 2.24) is 49.0 Å². The third kappa shape index (κ3) is 5.87. The number of fused-ring (bicyclic) bond motifs is 3. The van der Waals surface area contributed by atoms with Crippen LogP contribution in [0.4, 0.5) is 9.18 Å². The third-order valence-electron chi connectivity index (χ3n) is 14.3. The van der Waals surface area contributed by atoms with Crippen molar-refractivity contribution >= 4 is 33.8 Å². The second-order valence-electron chi connectivity index (χ2n) is 17.9. The Morgan fingerprint density at radius 3 is 2.40 bits per heavy atom. The van der Waals surface area contributed by atoms with Crippen LogP contribution in [0.25, 0.3) is 39.0 Å². The van der Waals surface area contributed by atoms with E-state index in [1.54, 1.807) is 63.1 Å². The van der Waals surface area contributed by atoms with Crippen molar-refractivity contribution in [2.75, 3.05) is 19.8 Å². The zero-order valence-corrected chi connectivity index (χ0v) is 36.1. The lowest BCUT2D eigenvalue weighted by Gasteiger charge is -2.35. The number of halogens is 1. The summed E-state index contributed by atoms with van der Waals surface area (Å²) in [5.41, 5.74) is 10.1. The lowest BCUT2D eigenvalue weighted by molar-refractivity contribution is 0.0653. The SMILES string of the molecule is Cc1cc(-n2nc3c(c2-n2ccn(-c4ccc5c(cnn5C)c4C)c2=O)[C@H](C)N(C(=O)c2cc4cc(C5CCOCC5)ccc4n2[C@@]2(C4NOC(=O)N4)C[C@@H]2C)CC3)cc(C)c1F. The van der Waals surface area contributed by atoms with Crippen molar-refractivity contribution in [2.45, 2.75) is 84.0 Å². The number of carbonyl (C=O) groups excluding carboxylic acids is 2. The molecule has 3 aromatic carbocycles. The number of aromatic nitrogens is 7. The predicted molar refractivity (Wildman–Crippen MR) is 233 cm³/mol. The molecular weight excluding hydrogens is 804 g/mol. The maximum atomic E-state index is 15.5. The molecule has 4 aromatic heterocycles. The Bertz CT molecular complexity index is 3090. The van der Waals surface area contributed by atoms with Gasteiger partial charge in [-0.25, -0.2) is 18.7 Å². The highest BCUT2D eigenvalue weighted by Crippen LogP contribution is 2.55. The zero-order valence-electron chi connectivity index (χ0n) is 36.1. The smallest absolute Gasteiger partial charge is 0.381 e. The Labute approximate surface area is 361 Å². The average Bonchev–Trinajstić information content (AvgIpc) is 3.91. The van der Waals surface area contributed by atoms with Gasteiger partial charge in [0.05, 0.1) is 40.4 Å². The highest BCUT2D eigenvalue weighted by Gasteiger charge is 2.62. The van der Waals surface area contributed by atoms with Gasteiger partial charge in [0.1, 0.15) is 23.5 Å². The van der Waals surface area contributed by atoms with Crippen molar-refractivity contribution in [3.05, 3.63) is 123 Å². The van der Waals surface area contributed by atoms with Gasteiger partial charge in [-0.2, -0.15) is 10.2 Å². The molecule has 2 N–H and O–H groups in total. The van der Waals surface area contributed by atoms with E-state index in [1.165, 1.54) is 5.56 Å². The minimum absolute atomic E-state index is 0.102. The van der Waals surface area contributed by atoms with Gasteiger partial charge >= 0.3 is 11.8 Å². The Kier molecular flexibility index (Phi) is 8.90. The van der Waals surface area contributed by atoms with Crippen LogP contribution in [-0.4, -0.2) is 76.1 Å². The van der Waals surface area contributed by atoms with E-state index in [1.807, 2.05) is 44.0 Å². The van der Waals surface area contributed by atoms with Crippen LogP contribution < -0.4 is 16.5 Å².